The van der Waals surface area contributed by atoms with E-state index in [4.69, 9.17) is 0 Å². The molecule has 1 N–H and O–H groups in total. The van der Waals surface area contributed by atoms with E-state index in [2.05, 4.69) is 40.6 Å². The van der Waals surface area contributed by atoms with Crippen LogP contribution in [-0.4, -0.2) is 11.5 Å². The summed E-state index contributed by atoms with van der Waals surface area (Å²) in [6.07, 6.45) is 10.9. The van der Waals surface area contributed by atoms with Gasteiger partial charge in [-0.15, -0.1) is 0 Å². The highest BCUT2D eigenvalue weighted by atomic mass is 14.8. The number of rotatable bonds is 5. The maximum absolute atomic E-state index is 4.41. The first-order chi connectivity index (χ1) is 9.93. The van der Waals surface area contributed by atoms with Gasteiger partial charge in [-0.25, -0.2) is 0 Å². The van der Waals surface area contributed by atoms with Crippen molar-refractivity contribution in [3.8, 4) is 0 Å². The third-order valence-corrected chi connectivity index (χ3v) is 4.06. The van der Waals surface area contributed by atoms with Gasteiger partial charge in [-0.2, -0.15) is 0 Å². The topological polar surface area (TPSA) is 24.9 Å². The van der Waals surface area contributed by atoms with Crippen LogP contribution in [0.25, 0.3) is 10.9 Å². The monoisotopic (exact) mass is 266 g/mol. The number of hydrogen-bond donors (Lipinski definition) is 1. The highest BCUT2D eigenvalue weighted by molar-refractivity contribution is 5.81. The zero-order chi connectivity index (χ0) is 13.6. The summed E-state index contributed by atoms with van der Waals surface area (Å²) < 4.78 is 0. The molecule has 2 nitrogen and oxygen atoms in total. The third kappa shape index (κ3) is 3.26. The van der Waals surface area contributed by atoms with E-state index in [0.29, 0.717) is 0 Å². The maximum Gasteiger partial charge on any atom is 0.0705 e. The van der Waals surface area contributed by atoms with Crippen molar-refractivity contribution in [1.82, 2.24) is 10.3 Å². The molecule has 104 valence electrons. The molecule has 0 unspecified atom stereocenters. The molecule has 0 atom stereocenters. The molecular formula is C18H22N2. The van der Waals surface area contributed by atoms with E-state index >= 15 is 0 Å². The van der Waals surface area contributed by atoms with E-state index in [1.54, 1.807) is 5.57 Å². The third-order valence-electron chi connectivity index (χ3n) is 4.06. The first-order valence-electron chi connectivity index (χ1n) is 7.65. The molecule has 1 heterocycles. The Balaban J connectivity index is 1.56. The van der Waals surface area contributed by atoms with Gasteiger partial charge in [0, 0.05) is 18.1 Å². The van der Waals surface area contributed by atoms with Crippen molar-refractivity contribution in [2.24, 2.45) is 0 Å². The van der Waals surface area contributed by atoms with Crippen LogP contribution in [0.3, 0.4) is 0 Å². The highest BCUT2D eigenvalue weighted by Gasteiger charge is 2.04. The normalized spacial score (nSPS) is 15.3. The lowest BCUT2D eigenvalue weighted by molar-refractivity contribution is 0.633. The summed E-state index contributed by atoms with van der Waals surface area (Å²) in [6, 6.07) is 10.5. The summed E-state index contributed by atoms with van der Waals surface area (Å²) in [5, 5.41) is 4.84. The van der Waals surface area contributed by atoms with Gasteiger partial charge in [0.2, 0.25) is 0 Å². The Labute approximate surface area is 120 Å². The van der Waals surface area contributed by atoms with Gasteiger partial charge in [0.25, 0.3) is 0 Å². The van der Waals surface area contributed by atoms with Gasteiger partial charge in [-0.1, -0.05) is 29.8 Å². The molecule has 0 saturated carbocycles. The molecule has 1 aliphatic rings. The van der Waals surface area contributed by atoms with Crippen LogP contribution >= 0.6 is 0 Å². The van der Waals surface area contributed by atoms with Crippen LogP contribution in [-0.2, 0) is 6.54 Å². The van der Waals surface area contributed by atoms with E-state index in [1.807, 2.05) is 12.3 Å². The van der Waals surface area contributed by atoms with Crippen molar-refractivity contribution >= 4 is 10.9 Å². The summed E-state index contributed by atoms with van der Waals surface area (Å²) in [4.78, 5) is 4.41. The minimum atomic E-state index is 0.927. The number of nitrogens with one attached hydrogen (secondary N) is 1. The number of para-hydroxylation sites is 1. The molecule has 2 heteroatoms. The second-order valence-corrected chi connectivity index (χ2v) is 5.52. The largest absolute Gasteiger partial charge is 0.312 e. The zero-order valence-electron chi connectivity index (χ0n) is 11.9. The molecule has 0 saturated heterocycles. The van der Waals surface area contributed by atoms with Gasteiger partial charge in [0.15, 0.2) is 0 Å². The molecule has 0 bridgehead atoms. The number of aromatic nitrogens is 1. The summed E-state index contributed by atoms with van der Waals surface area (Å²) in [7, 11) is 0. The van der Waals surface area contributed by atoms with Gasteiger partial charge < -0.3 is 5.32 Å². The predicted molar refractivity (Wildman–Crippen MR) is 84.6 cm³/mol. The van der Waals surface area contributed by atoms with Crippen LogP contribution in [0.5, 0.6) is 0 Å². The van der Waals surface area contributed by atoms with Crippen LogP contribution in [0.1, 0.15) is 37.7 Å². The molecule has 0 spiro atoms. The number of benzene rings is 1. The number of nitrogens with zero attached hydrogens (tertiary/aromatic N) is 1. The van der Waals surface area contributed by atoms with E-state index < -0.39 is 0 Å². The van der Waals surface area contributed by atoms with Crippen molar-refractivity contribution in [3.05, 3.63) is 53.7 Å². The van der Waals surface area contributed by atoms with Crippen LogP contribution < -0.4 is 5.32 Å². The molecule has 1 aliphatic carbocycles. The fourth-order valence-electron chi connectivity index (χ4n) is 2.91. The molecule has 3 rings (SSSR count). The maximum atomic E-state index is 4.41. The van der Waals surface area contributed by atoms with Gasteiger partial charge in [0.1, 0.15) is 0 Å². The predicted octanol–water partition coefficient (Wildman–Crippen LogP) is 4.21. The second-order valence-electron chi connectivity index (χ2n) is 5.52. The number of fused-ring (bicyclic) bond motifs is 1. The average molecular weight is 266 g/mol. The fourth-order valence-corrected chi connectivity index (χ4v) is 2.91. The van der Waals surface area contributed by atoms with Crippen LogP contribution in [0, 0.1) is 0 Å². The van der Waals surface area contributed by atoms with E-state index in [1.165, 1.54) is 43.1 Å². The van der Waals surface area contributed by atoms with Crippen LogP contribution in [0.4, 0.5) is 0 Å². The van der Waals surface area contributed by atoms with E-state index in [0.717, 1.165) is 18.6 Å². The second kappa shape index (κ2) is 6.67. The Kier molecular flexibility index (Phi) is 4.44. The SMILES string of the molecule is C1=C(CCNCc2ccnc3ccccc23)CCCC1. The summed E-state index contributed by atoms with van der Waals surface area (Å²) >= 11 is 0. The number of hydrogen-bond acceptors (Lipinski definition) is 2. The van der Waals surface area contributed by atoms with E-state index in [9.17, 15) is 0 Å². The Morgan fingerprint density at radius 3 is 2.95 bits per heavy atom. The Morgan fingerprint density at radius 1 is 1.10 bits per heavy atom. The summed E-state index contributed by atoms with van der Waals surface area (Å²) in [5.74, 6) is 0. The average Bonchev–Trinajstić information content (AvgIpc) is 2.53. The molecular weight excluding hydrogens is 244 g/mol. The lowest BCUT2D eigenvalue weighted by atomic mass is 9.97. The van der Waals surface area contributed by atoms with Crippen molar-refractivity contribution in [2.75, 3.05) is 6.54 Å². The first kappa shape index (κ1) is 13.3. The van der Waals surface area contributed by atoms with Gasteiger partial charge in [-0.05, 0) is 56.3 Å². The fraction of sp³-hybridized carbons (Fsp3) is 0.389. The lowest BCUT2D eigenvalue weighted by Gasteiger charge is -2.13. The minimum Gasteiger partial charge on any atom is -0.312 e. The Bertz CT molecular complexity index is 596. The van der Waals surface area contributed by atoms with Crippen LogP contribution in [0.15, 0.2) is 48.2 Å². The molecule has 1 aromatic heterocycles. The molecule has 0 amide bonds. The first-order valence-corrected chi connectivity index (χ1v) is 7.65. The standard InChI is InChI=1S/C18H22N2/c1-2-6-15(7-3-1)10-12-19-14-16-11-13-20-18-9-5-4-8-17(16)18/h4-6,8-9,11,13,19H,1-3,7,10,12,14H2. The Hall–Kier alpha value is -1.67. The van der Waals surface area contributed by atoms with Gasteiger partial charge in [0.05, 0.1) is 5.52 Å². The molecule has 0 fully saturated rings. The molecule has 20 heavy (non-hydrogen) atoms. The highest BCUT2D eigenvalue weighted by Crippen LogP contribution is 2.20. The van der Waals surface area contributed by atoms with Gasteiger partial charge in [-0.3, -0.25) is 4.98 Å². The van der Waals surface area contributed by atoms with E-state index in [-0.39, 0.29) is 0 Å². The van der Waals surface area contributed by atoms with Crippen LogP contribution in [0.2, 0.25) is 0 Å². The van der Waals surface area contributed by atoms with Gasteiger partial charge >= 0.3 is 0 Å². The Morgan fingerprint density at radius 2 is 2.05 bits per heavy atom. The number of pyridine rings is 1. The molecule has 2 aromatic rings. The molecule has 1 aromatic carbocycles. The van der Waals surface area contributed by atoms with Crippen molar-refractivity contribution < 1.29 is 0 Å². The zero-order valence-corrected chi connectivity index (χ0v) is 11.9. The molecule has 0 radical (unpaired) electrons. The minimum absolute atomic E-state index is 0.927. The number of allylic oxidation sites excluding steroid dienone is 1. The van der Waals surface area contributed by atoms with Crippen molar-refractivity contribution in [2.45, 2.75) is 38.6 Å². The smallest absolute Gasteiger partial charge is 0.0705 e. The summed E-state index contributed by atoms with van der Waals surface area (Å²) in [6.45, 7) is 2.00. The van der Waals surface area contributed by atoms with Crippen molar-refractivity contribution in [1.29, 1.82) is 0 Å². The summed E-state index contributed by atoms with van der Waals surface area (Å²) in [5.41, 5.74) is 4.07. The molecule has 0 aliphatic heterocycles. The lowest BCUT2D eigenvalue weighted by Crippen LogP contribution is -2.16. The van der Waals surface area contributed by atoms with Crippen molar-refractivity contribution in [3.63, 3.8) is 0 Å². The quantitative estimate of drug-likeness (QED) is 0.647.